The quantitative estimate of drug-likeness (QED) is 0.719. The van der Waals surface area contributed by atoms with Gasteiger partial charge in [-0.1, -0.05) is 20.3 Å². The van der Waals surface area contributed by atoms with Gasteiger partial charge in [0.15, 0.2) is 11.5 Å². The van der Waals surface area contributed by atoms with Crippen LogP contribution in [0.5, 0.6) is 11.5 Å². The van der Waals surface area contributed by atoms with Gasteiger partial charge in [-0.15, -0.1) is 0 Å². The van der Waals surface area contributed by atoms with Crippen LogP contribution in [0.3, 0.4) is 0 Å². The number of methoxy groups -OCH3 is 2. The Morgan fingerprint density at radius 2 is 1.93 bits per heavy atom. The molecule has 1 aromatic rings. The minimum atomic E-state index is -1.07. The second-order valence-corrected chi connectivity index (χ2v) is 7.69. The number of ether oxygens (including phenoxy) is 2. The molecule has 1 aromatic carbocycles. The van der Waals surface area contributed by atoms with Crippen LogP contribution in [0.4, 0.5) is 0 Å². The monoisotopic (exact) mass is 404 g/mol. The van der Waals surface area contributed by atoms with Gasteiger partial charge >= 0.3 is 5.97 Å². The number of hydrogen-bond acceptors (Lipinski definition) is 5. The summed E-state index contributed by atoms with van der Waals surface area (Å²) in [7, 11) is 3.11. The van der Waals surface area contributed by atoms with Crippen LogP contribution in [-0.2, 0) is 20.8 Å². The Hall–Kier alpha value is -2.77. The van der Waals surface area contributed by atoms with Crippen LogP contribution in [0.25, 0.3) is 0 Å². The lowest BCUT2D eigenvalue weighted by Gasteiger charge is -2.39. The number of nitrogens with zero attached hydrogens (tertiary/aromatic N) is 1. The number of carboxylic acids is 1. The van der Waals surface area contributed by atoms with E-state index in [-0.39, 0.29) is 17.9 Å². The molecule has 0 aromatic heterocycles. The number of nitrogens with one attached hydrogen (secondary N) is 1. The van der Waals surface area contributed by atoms with E-state index in [2.05, 4.69) is 5.32 Å². The molecule has 3 rings (SSSR count). The summed E-state index contributed by atoms with van der Waals surface area (Å²) >= 11 is 0. The predicted octanol–water partition coefficient (Wildman–Crippen LogP) is 1.91. The van der Waals surface area contributed by atoms with Crippen LogP contribution in [0, 0.1) is 5.92 Å². The van der Waals surface area contributed by atoms with Gasteiger partial charge in [0, 0.05) is 12.8 Å². The van der Waals surface area contributed by atoms with Crippen LogP contribution in [0.1, 0.15) is 50.3 Å². The summed E-state index contributed by atoms with van der Waals surface area (Å²) in [6.07, 6.45) is 1.89. The molecule has 4 atom stereocenters. The maximum atomic E-state index is 13.1. The van der Waals surface area contributed by atoms with Crippen LogP contribution >= 0.6 is 0 Å². The number of amides is 2. The number of carbonyl (C=O) groups is 3. The minimum absolute atomic E-state index is 0.0917. The summed E-state index contributed by atoms with van der Waals surface area (Å²) in [6.45, 7) is 3.67. The standard InChI is InChI=1S/C21H28N2O6/c1-5-11(2)19(21(26)27)22-20(25)15-8-12-9-16(28-3)17(29-4)10-13(12)14-6-7-18(24)23(14)15/h9-11,14-15,19H,5-8H2,1-4H3,(H,22,25)(H,26,27)/t11-,14+,15-,19-/m0/s1. The summed E-state index contributed by atoms with van der Waals surface area (Å²) < 4.78 is 10.8. The summed E-state index contributed by atoms with van der Waals surface area (Å²) in [5, 5.41) is 12.2. The number of fused-ring (bicyclic) bond motifs is 3. The molecule has 8 nitrogen and oxygen atoms in total. The highest BCUT2D eigenvalue weighted by molar-refractivity contribution is 5.92. The van der Waals surface area contributed by atoms with Crippen molar-refractivity contribution in [3.8, 4) is 11.5 Å². The first kappa shape index (κ1) is 21.0. The molecule has 29 heavy (non-hydrogen) atoms. The van der Waals surface area contributed by atoms with Gasteiger partial charge in [-0.3, -0.25) is 9.59 Å². The fraction of sp³-hybridized carbons (Fsp3) is 0.571. The molecule has 2 heterocycles. The van der Waals surface area contributed by atoms with Crippen molar-refractivity contribution in [2.75, 3.05) is 14.2 Å². The Balaban J connectivity index is 1.95. The van der Waals surface area contributed by atoms with E-state index in [9.17, 15) is 19.5 Å². The number of rotatable bonds is 7. The highest BCUT2D eigenvalue weighted by atomic mass is 16.5. The smallest absolute Gasteiger partial charge is 0.326 e. The lowest BCUT2D eigenvalue weighted by molar-refractivity contribution is -0.146. The first-order valence-electron chi connectivity index (χ1n) is 9.91. The number of carboxylic acid groups (broad SMARTS) is 1. The number of carbonyl (C=O) groups excluding carboxylic acids is 2. The van der Waals surface area contributed by atoms with E-state index in [1.54, 1.807) is 26.0 Å². The van der Waals surface area contributed by atoms with E-state index in [0.29, 0.717) is 37.2 Å². The minimum Gasteiger partial charge on any atom is -0.493 e. The van der Waals surface area contributed by atoms with Crippen LogP contribution < -0.4 is 14.8 Å². The van der Waals surface area contributed by atoms with Gasteiger partial charge in [-0.2, -0.15) is 0 Å². The summed E-state index contributed by atoms with van der Waals surface area (Å²) in [5.41, 5.74) is 1.86. The molecule has 0 spiro atoms. The van der Waals surface area contributed by atoms with Crippen molar-refractivity contribution in [1.29, 1.82) is 0 Å². The number of benzene rings is 1. The van der Waals surface area contributed by atoms with Gasteiger partial charge in [0.1, 0.15) is 12.1 Å². The zero-order valence-electron chi connectivity index (χ0n) is 17.2. The van der Waals surface area contributed by atoms with Gasteiger partial charge in [0.2, 0.25) is 11.8 Å². The van der Waals surface area contributed by atoms with Crippen LogP contribution in [-0.4, -0.2) is 54.1 Å². The second kappa shape index (κ2) is 8.31. The van der Waals surface area contributed by atoms with Crippen molar-refractivity contribution in [1.82, 2.24) is 10.2 Å². The fourth-order valence-electron chi connectivity index (χ4n) is 4.28. The lowest BCUT2D eigenvalue weighted by atomic mass is 9.87. The molecular weight excluding hydrogens is 376 g/mol. The molecule has 2 aliphatic rings. The topological polar surface area (TPSA) is 105 Å². The van der Waals surface area contributed by atoms with E-state index in [1.807, 2.05) is 19.1 Å². The molecule has 0 saturated carbocycles. The number of hydrogen-bond donors (Lipinski definition) is 2. The molecule has 2 amide bonds. The molecule has 1 fully saturated rings. The molecule has 0 radical (unpaired) electrons. The first-order valence-corrected chi connectivity index (χ1v) is 9.91. The fourth-order valence-corrected chi connectivity index (χ4v) is 4.28. The molecule has 0 unspecified atom stereocenters. The van der Waals surface area contributed by atoms with E-state index < -0.39 is 24.0 Å². The Bertz CT molecular complexity index is 824. The maximum absolute atomic E-state index is 13.1. The van der Waals surface area contributed by atoms with Gasteiger partial charge in [-0.25, -0.2) is 4.79 Å². The van der Waals surface area contributed by atoms with Gasteiger partial charge in [0.25, 0.3) is 0 Å². The van der Waals surface area contributed by atoms with Crippen molar-refractivity contribution in [3.05, 3.63) is 23.3 Å². The van der Waals surface area contributed by atoms with Crippen molar-refractivity contribution in [2.24, 2.45) is 5.92 Å². The zero-order valence-corrected chi connectivity index (χ0v) is 17.2. The second-order valence-electron chi connectivity index (χ2n) is 7.69. The Labute approximate surface area is 170 Å². The first-order chi connectivity index (χ1) is 13.8. The maximum Gasteiger partial charge on any atom is 0.326 e. The van der Waals surface area contributed by atoms with Crippen molar-refractivity contribution >= 4 is 17.8 Å². The van der Waals surface area contributed by atoms with E-state index in [4.69, 9.17) is 9.47 Å². The van der Waals surface area contributed by atoms with Crippen molar-refractivity contribution in [2.45, 2.75) is 57.7 Å². The predicted molar refractivity (Wildman–Crippen MR) is 105 cm³/mol. The molecule has 0 aliphatic carbocycles. The normalized spacial score (nSPS) is 22.3. The van der Waals surface area contributed by atoms with E-state index in [1.165, 1.54) is 0 Å². The average molecular weight is 404 g/mol. The van der Waals surface area contributed by atoms with Crippen LogP contribution in [0.2, 0.25) is 0 Å². The van der Waals surface area contributed by atoms with Gasteiger partial charge in [-0.05, 0) is 35.6 Å². The molecular formula is C21H28N2O6. The zero-order chi connectivity index (χ0) is 21.3. The van der Waals surface area contributed by atoms with Gasteiger partial charge in [0.05, 0.1) is 20.3 Å². The van der Waals surface area contributed by atoms with Crippen molar-refractivity contribution in [3.63, 3.8) is 0 Å². The molecule has 158 valence electrons. The summed E-state index contributed by atoms with van der Waals surface area (Å²) in [5.74, 6) is -0.673. The average Bonchev–Trinajstić information content (AvgIpc) is 3.11. The van der Waals surface area contributed by atoms with Gasteiger partial charge < -0.3 is 24.8 Å². The third kappa shape index (κ3) is 3.75. The lowest BCUT2D eigenvalue weighted by Crippen LogP contribution is -2.56. The highest BCUT2D eigenvalue weighted by Crippen LogP contribution is 2.44. The third-order valence-electron chi connectivity index (χ3n) is 6.09. The molecule has 1 saturated heterocycles. The molecule has 8 heteroatoms. The summed E-state index contributed by atoms with van der Waals surface area (Å²) in [4.78, 5) is 38.9. The van der Waals surface area contributed by atoms with E-state index in [0.717, 1.165) is 11.1 Å². The Kier molecular flexibility index (Phi) is 6.00. The largest absolute Gasteiger partial charge is 0.493 e. The molecule has 2 aliphatic heterocycles. The number of aliphatic carboxylic acids is 1. The third-order valence-corrected chi connectivity index (χ3v) is 6.09. The highest BCUT2D eigenvalue weighted by Gasteiger charge is 2.45. The molecule has 0 bridgehead atoms. The Morgan fingerprint density at radius 1 is 1.28 bits per heavy atom. The Morgan fingerprint density at radius 3 is 2.52 bits per heavy atom. The van der Waals surface area contributed by atoms with Crippen molar-refractivity contribution < 1.29 is 29.0 Å². The SMILES string of the molecule is CC[C@H](C)[C@H](NC(=O)[C@@H]1Cc2cc(OC)c(OC)cc2[C@H]2CCC(=O)N21)C(=O)O. The van der Waals surface area contributed by atoms with Crippen LogP contribution in [0.15, 0.2) is 12.1 Å². The molecule has 2 N–H and O–H groups in total. The van der Waals surface area contributed by atoms with E-state index >= 15 is 0 Å². The summed E-state index contributed by atoms with van der Waals surface area (Å²) in [6, 6.07) is 1.76.